The Kier molecular flexibility index (Phi) is 7.87. The third-order valence-electron chi connectivity index (χ3n) is 3.08. The van der Waals surface area contributed by atoms with Crippen molar-refractivity contribution in [1.29, 1.82) is 0 Å². The number of esters is 1. The maximum Gasteiger partial charge on any atom is 0.407 e. The van der Waals surface area contributed by atoms with Gasteiger partial charge in [0.1, 0.15) is 11.2 Å². The van der Waals surface area contributed by atoms with Crippen molar-refractivity contribution in [2.75, 3.05) is 0 Å². The number of carbonyl (C=O) groups excluding carboxylic acids is 2. The molecule has 0 saturated carbocycles. The van der Waals surface area contributed by atoms with Crippen LogP contribution in [0.5, 0.6) is 0 Å². The lowest BCUT2D eigenvalue weighted by molar-refractivity contribution is -0.155. The van der Waals surface area contributed by atoms with Crippen molar-refractivity contribution < 1.29 is 19.1 Å². The molecule has 26 heavy (non-hydrogen) atoms. The molecule has 0 fully saturated rings. The SMILES string of the molecule is CC(C)(C)OC(=O)C[C@@H](C/C=C/c1ccccc1)NC(=O)OC(C)(C)C. The molecule has 1 amide bonds. The minimum absolute atomic E-state index is 0.0790. The van der Waals surface area contributed by atoms with Gasteiger partial charge in [0.05, 0.1) is 6.42 Å². The minimum atomic E-state index is -0.597. The van der Waals surface area contributed by atoms with Gasteiger partial charge in [-0.15, -0.1) is 0 Å². The van der Waals surface area contributed by atoms with Crippen molar-refractivity contribution in [3.05, 3.63) is 42.0 Å². The van der Waals surface area contributed by atoms with Gasteiger partial charge in [-0.05, 0) is 53.5 Å². The van der Waals surface area contributed by atoms with Crippen LogP contribution in [-0.2, 0) is 14.3 Å². The Bertz CT molecular complexity index is 579. The first-order valence-corrected chi connectivity index (χ1v) is 8.87. The van der Waals surface area contributed by atoms with Crippen LogP contribution in [0.1, 0.15) is 59.9 Å². The number of amides is 1. The smallest absolute Gasteiger partial charge is 0.407 e. The molecule has 144 valence electrons. The predicted molar refractivity (Wildman–Crippen MR) is 104 cm³/mol. The Balaban J connectivity index is 2.72. The molecule has 1 aromatic carbocycles. The van der Waals surface area contributed by atoms with Crippen LogP contribution in [0, 0.1) is 0 Å². The van der Waals surface area contributed by atoms with Gasteiger partial charge in [-0.3, -0.25) is 4.79 Å². The van der Waals surface area contributed by atoms with Gasteiger partial charge in [-0.2, -0.15) is 0 Å². The van der Waals surface area contributed by atoms with E-state index in [4.69, 9.17) is 9.47 Å². The fourth-order valence-electron chi connectivity index (χ4n) is 2.18. The lowest BCUT2D eigenvalue weighted by Crippen LogP contribution is -2.40. The fourth-order valence-corrected chi connectivity index (χ4v) is 2.18. The predicted octanol–water partition coefficient (Wildman–Crippen LogP) is 4.72. The normalized spacial score (nSPS) is 13.3. The van der Waals surface area contributed by atoms with Gasteiger partial charge in [0, 0.05) is 6.04 Å². The molecule has 0 radical (unpaired) electrons. The van der Waals surface area contributed by atoms with Crippen LogP contribution < -0.4 is 5.32 Å². The summed E-state index contributed by atoms with van der Waals surface area (Å²) in [6, 6.07) is 9.43. The molecule has 0 bridgehead atoms. The van der Waals surface area contributed by atoms with Crippen molar-refractivity contribution in [1.82, 2.24) is 5.32 Å². The molecule has 1 aromatic rings. The van der Waals surface area contributed by atoms with Gasteiger partial charge in [0.2, 0.25) is 0 Å². The quantitative estimate of drug-likeness (QED) is 0.745. The molecule has 0 aromatic heterocycles. The third-order valence-corrected chi connectivity index (χ3v) is 3.08. The highest BCUT2D eigenvalue weighted by Gasteiger charge is 2.23. The fraction of sp³-hybridized carbons (Fsp3) is 0.524. The van der Waals surface area contributed by atoms with Gasteiger partial charge >= 0.3 is 12.1 Å². The second kappa shape index (κ2) is 9.41. The van der Waals surface area contributed by atoms with E-state index in [0.29, 0.717) is 6.42 Å². The van der Waals surface area contributed by atoms with Crippen LogP contribution in [-0.4, -0.2) is 29.3 Å². The summed E-state index contributed by atoms with van der Waals surface area (Å²) in [5.41, 5.74) is -0.103. The van der Waals surface area contributed by atoms with Crippen molar-refractivity contribution in [3.63, 3.8) is 0 Å². The molecule has 1 N–H and O–H groups in total. The molecule has 0 aliphatic heterocycles. The summed E-state index contributed by atoms with van der Waals surface area (Å²) in [6.07, 6.45) is 3.92. The zero-order chi connectivity index (χ0) is 19.8. The van der Waals surface area contributed by atoms with E-state index in [1.54, 1.807) is 20.8 Å². The summed E-state index contributed by atoms with van der Waals surface area (Å²) >= 11 is 0. The van der Waals surface area contributed by atoms with Gasteiger partial charge in [-0.1, -0.05) is 42.5 Å². The third kappa shape index (κ3) is 10.5. The van der Waals surface area contributed by atoms with Gasteiger partial charge in [-0.25, -0.2) is 4.79 Å². The molecule has 0 heterocycles. The van der Waals surface area contributed by atoms with Crippen molar-refractivity contribution in [2.24, 2.45) is 0 Å². The Morgan fingerprint density at radius 3 is 2.12 bits per heavy atom. The van der Waals surface area contributed by atoms with Crippen LogP contribution in [0.25, 0.3) is 6.08 Å². The largest absolute Gasteiger partial charge is 0.460 e. The van der Waals surface area contributed by atoms with E-state index in [1.165, 1.54) is 0 Å². The van der Waals surface area contributed by atoms with E-state index in [2.05, 4.69) is 5.32 Å². The molecule has 5 heteroatoms. The standard InChI is InChI=1S/C21H31NO4/c1-20(2,3)25-18(23)15-17(22-19(24)26-21(4,5)6)14-10-13-16-11-8-7-9-12-16/h7-13,17H,14-15H2,1-6H3,(H,22,24)/b13-10+/t17-/m1/s1. The number of rotatable bonds is 6. The average Bonchev–Trinajstić information content (AvgIpc) is 2.44. The minimum Gasteiger partial charge on any atom is -0.460 e. The van der Waals surface area contributed by atoms with Crippen molar-refractivity contribution in [3.8, 4) is 0 Å². The Hall–Kier alpha value is -2.30. The van der Waals surface area contributed by atoms with Crippen molar-refractivity contribution >= 4 is 18.1 Å². The molecular formula is C21H31NO4. The zero-order valence-corrected chi connectivity index (χ0v) is 16.7. The summed E-state index contributed by atoms with van der Waals surface area (Å²) in [7, 11) is 0. The summed E-state index contributed by atoms with van der Waals surface area (Å²) in [4.78, 5) is 24.2. The van der Waals surface area contributed by atoms with Gasteiger partial charge in [0.25, 0.3) is 0 Å². The first-order valence-electron chi connectivity index (χ1n) is 8.87. The van der Waals surface area contributed by atoms with E-state index in [9.17, 15) is 9.59 Å². The van der Waals surface area contributed by atoms with E-state index in [0.717, 1.165) is 5.56 Å². The Morgan fingerprint density at radius 2 is 1.58 bits per heavy atom. The average molecular weight is 361 g/mol. The molecule has 0 saturated heterocycles. The lowest BCUT2D eigenvalue weighted by atomic mass is 10.1. The van der Waals surface area contributed by atoms with Crippen LogP contribution >= 0.6 is 0 Å². The molecule has 1 rings (SSSR count). The highest BCUT2D eigenvalue weighted by molar-refractivity contribution is 5.73. The first-order chi connectivity index (χ1) is 11.9. The topological polar surface area (TPSA) is 64.6 Å². The van der Waals surface area contributed by atoms with Gasteiger partial charge < -0.3 is 14.8 Å². The van der Waals surface area contributed by atoms with Crippen LogP contribution in [0.4, 0.5) is 4.79 Å². The van der Waals surface area contributed by atoms with Crippen LogP contribution in [0.15, 0.2) is 36.4 Å². The van der Waals surface area contributed by atoms with Crippen molar-refractivity contribution in [2.45, 2.75) is 71.6 Å². The van der Waals surface area contributed by atoms with Crippen LogP contribution in [0.3, 0.4) is 0 Å². The number of carbonyl (C=O) groups is 2. The molecule has 0 aliphatic rings. The Morgan fingerprint density at radius 1 is 1.00 bits per heavy atom. The van der Waals surface area contributed by atoms with E-state index in [1.807, 2.05) is 63.3 Å². The van der Waals surface area contributed by atoms with Gasteiger partial charge in [0.15, 0.2) is 0 Å². The summed E-state index contributed by atoms with van der Waals surface area (Å²) < 4.78 is 10.6. The second-order valence-electron chi connectivity index (χ2n) is 8.18. The molecular weight excluding hydrogens is 330 g/mol. The molecule has 5 nitrogen and oxygen atoms in total. The van der Waals surface area contributed by atoms with Crippen LogP contribution in [0.2, 0.25) is 0 Å². The van der Waals surface area contributed by atoms with E-state index in [-0.39, 0.29) is 12.4 Å². The van der Waals surface area contributed by atoms with E-state index >= 15 is 0 Å². The highest BCUT2D eigenvalue weighted by atomic mass is 16.6. The molecule has 0 spiro atoms. The molecule has 0 aliphatic carbocycles. The first kappa shape index (κ1) is 21.7. The second-order valence-corrected chi connectivity index (χ2v) is 8.18. The number of hydrogen-bond acceptors (Lipinski definition) is 4. The summed E-state index contributed by atoms with van der Waals surface area (Å²) in [5.74, 6) is -0.355. The number of alkyl carbamates (subject to hydrolysis) is 1. The summed E-state index contributed by atoms with van der Waals surface area (Å²) in [5, 5.41) is 2.76. The maximum atomic E-state index is 12.1. The zero-order valence-electron chi connectivity index (χ0n) is 16.7. The highest BCUT2D eigenvalue weighted by Crippen LogP contribution is 2.13. The Labute approximate surface area is 156 Å². The molecule has 1 atom stereocenters. The number of hydrogen-bond donors (Lipinski definition) is 1. The number of benzene rings is 1. The summed E-state index contributed by atoms with van der Waals surface area (Å²) in [6.45, 7) is 10.8. The molecule has 0 unspecified atom stereocenters. The lowest BCUT2D eigenvalue weighted by Gasteiger charge is -2.24. The maximum absolute atomic E-state index is 12.1. The number of nitrogens with one attached hydrogen (secondary N) is 1. The monoisotopic (exact) mass is 361 g/mol. The number of ether oxygens (including phenoxy) is 2. The van der Waals surface area contributed by atoms with E-state index < -0.39 is 23.3 Å².